The lowest BCUT2D eigenvalue weighted by molar-refractivity contribution is -0.128. The fourth-order valence-corrected chi connectivity index (χ4v) is 1.93. The van der Waals surface area contributed by atoms with Gasteiger partial charge in [-0.2, -0.15) is 5.26 Å². The van der Waals surface area contributed by atoms with Gasteiger partial charge < -0.3 is 9.42 Å². The van der Waals surface area contributed by atoms with Crippen molar-refractivity contribution in [2.24, 2.45) is 5.92 Å². The molecule has 0 saturated carbocycles. The Morgan fingerprint density at radius 3 is 2.88 bits per heavy atom. The molecular weight excluding hydrogens is 206 g/mol. The number of aryl methyl sites for hydroxylation is 2. The molecule has 2 heterocycles. The molecule has 1 amide bonds. The Balaban J connectivity index is 2.12. The summed E-state index contributed by atoms with van der Waals surface area (Å²) in [5.74, 6) is 0.602. The predicted octanol–water partition coefficient (Wildman–Crippen LogP) is 1.16. The minimum Gasteiger partial charge on any atom is -0.361 e. The number of amides is 1. The van der Waals surface area contributed by atoms with Gasteiger partial charge in [-0.05, 0) is 13.8 Å². The lowest BCUT2D eigenvalue weighted by atomic mass is 10.1. The summed E-state index contributed by atoms with van der Waals surface area (Å²) in [6.07, 6.45) is 0.333. The molecule has 16 heavy (non-hydrogen) atoms. The first-order valence-electron chi connectivity index (χ1n) is 5.21. The number of carbonyl (C=O) groups excluding carboxylic acids is 1. The number of nitrogens with zero attached hydrogens (tertiary/aromatic N) is 3. The summed E-state index contributed by atoms with van der Waals surface area (Å²) in [5.41, 5.74) is 1.76. The topological polar surface area (TPSA) is 70.1 Å². The molecule has 0 bridgehead atoms. The predicted molar refractivity (Wildman–Crippen MR) is 55.1 cm³/mol. The summed E-state index contributed by atoms with van der Waals surface area (Å²) in [7, 11) is 0. The zero-order chi connectivity index (χ0) is 11.7. The van der Waals surface area contributed by atoms with Gasteiger partial charge in [-0.15, -0.1) is 0 Å². The maximum atomic E-state index is 11.6. The molecule has 1 aromatic rings. The molecule has 5 nitrogen and oxygen atoms in total. The summed E-state index contributed by atoms with van der Waals surface area (Å²) in [6, 6.07) is 2.13. The fraction of sp³-hybridized carbons (Fsp3) is 0.545. The van der Waals surface area contributed by atoms with Crippen molar-refractivity contribution in [2.75, 3.05) is 6.54 Å². The molecule has 0 spiro atoms. The van der Waals surface area contributed by atoms with E-state index in [4.69, 9.17) is 9.78 Å². The van der Waals surface area contributed by atoms with Gasteiger partial charge in [-0.3, -0.25) is 4.79 Å². The fourth-order valence-electron chi connectivity index (χ4n) is 1.93. The zero-order valence-corrected chi connectivity index (χ0v) is 9.36. The van der Waals surface area contributed by atoms with E-state index in [2.05, 4.69) is 11.2 Å². The largest absolute Gasteiger partial charge is 0.361 e. The molecule has 84 valence electrons. The first-order valence-corrected chi connectivity index (χ1v) is 5.21. The Morgan fingerprint density at radius 2 is 2.38 bits per heavy atom. The van der Waals surface area contributed by atoms with Gasteiger partial charge in [0.05, 0.1) is 24.2 Å². The highest BCUT2D eigenvalue weighted by atomic mass is 16.5. The second kappa shape index (κ2) is 3.97. The van der Waals surface area contributed by atoms with E-state index in [0.717, 1.165) is 17.0 Å². The molecule has 0 aliphatic carbocycles. The van der Waals surface area contributed by atoms with Crippen molar-refractivity contribution in [3.8, 4) is 6.07 Å². The number of carbonyl (C=O) groups is 1. The number of nitriles is 1. The molecule has 5 heteroatoms. The van der Waals surface area contributed by atoms with E-state index in [0.29, 0.717) is 19.5 Å². The van der Waals surface area contributed by atoms with E-state index in [1.807, 2.05) is 13.8 Å². The van der Waals surface area contributed by atoms with Crippen LogP contribution in [0.2, 0.25) is 0 Å². The second-order valence-electron chi connectivity index (χ2n) is 4.11. The van der Waals surface area contributed by atoms with Crippen molar-refractivity contribution in [1.29, 1.82) is 5.26 Å². The number of rotatable bonds is 2. The minimum absolute atomic E-state index is 0.0338. The quantitative estimate of drug-likeness (QED) is 0.748. The van der Waals surface area contributed by atoms with Crippen LogP contribution in [0.15, 0.2) is 4.52 Å². The third-order valence-corrected chi connectivity index (χ3v) is 2.93. The van der Waals surface area contributed by atoms with E-state index in [1.54, 1.807) is 4.90 Å². The van der Waals surface area contributed by atoms with Crippen molar-refractivity contribution >= 4 is 5.91 Å². The van der Waals surface area contributed by atoms with Crippen LogP contribution < -0.4 is 0 Å². The van der Waals surface area contributed by atoms with Crippen molar-refractivity contribution in [3.05, 3.63) is 17.0 Å². The number of likely N-dealkylation sites (tertiary alicyclic amines) is 1. The summed E-state index contributed by atoms with van der Waals surface area (Å²) in [5, 5.41) is 12.6. The van der Waals surface area contributed by atoms with Crippen molar-refractivity contribution in [2.45, 2.75) is 26.8 Å². The van der Waals surface area contributed by atoms with Crippen LogP contribution in [0.4, 0.5) is 0 Å². The Bertz CT molecular complexity index is 439. The summed E-state index contributed by atoms with van der Waals surface area (Å²) >= 11 is 0. The van der Waals surface area contributed by atoms with Crippen LogP contribution in [-0.2, 0) is 11.3 Å². The number of hydrogen-bond donors (Lipinski definition) is 0. The van der Waals surface area contributed by atoms with Crippen molar-refractivity contribution in [1.82, 2.24) is 10.1 Å². The van der Waals surface area contributed by atoms with Crippen molar-refractivity contribution in [3.63, 3.8) is 0 Å². The molecule has 1 aliphatic heterocycles. The van der Waals surface area contributed by atoms with Gasteiger partial charge in [0.2, 0.25) is 5.91 Å². The number of aromatic nitrogens is 1. The maximum absolute atomic E-state index is 11.6. The first-order chi connectivity index (χ1) is 7.61. The molecule has 0 radical (unpaired) electrons. The van der Waals surface area contributed by atoms with Crippen LogP contribution in [0.1, 0.15) is 23.4 Å². The van der Waals surface area contributed by atoms with Crippen LogP contribution in [0.3, 0.4) is 0 Å². The van der Waals surface area contributed by atoms with E-state index in [1.165, 1.54) is 0 Å². The van der Waals surface area contributed by atoms with Crippen LogP contribution in [-0.4, -0.2) is 22.5 Å². The molecule has 1 atom stereocenters. The Hall–Kier alpha value is -1.83. The molecule has 0 aromatic carbocycles. The van der Waals surface area contributed by atoms with Gasteiger partial charge in [-0.25, -0.2) is 0 Å². The normalized spacial score (nSPS) is 20.2. The van der Waals surface area contributed by atoms with Crippen LogP contribution in [0.5, 0.6) is 0 Å². The maximum Gasteiger partial charge on any atom is 0.224 e. The van der Waals surface area contributed by atoms with Crippen LogP contribution >= 0.6 is 0 Å². The monoisotopic (exact) mass is 219 g/mol. The molecule has 2 rings (SSSR count). The standard InChI is InChI=1S/C11H13N3O2/c1-7-10(8(2)16-13-7)6-14-5-9(4-12)3-11(14)15/h9H,3,5-6H2,1-2H3. The van der Waals surface area contributed by atoms with E-state index < -0.39 is 0 Å². The first kappa shape index (κ1) is 10.7. The van der Waals surface area contributed by atoms with Crippen LogP contribution in [0, 0.1) is 31.1 Å². The Morgan fingerprint density at radius 1 is 1.62 bits per heavy atom. The van der Waals surface area contributed by atoms with E-state index >= 15 is 0 Å². The average molecular weight is 219 g/mol. The van der Waals surface area contributed by atoms with Gasteiger partial charge in [0.25, 0.3) is 0 Å². The van der Waals surface area contributed by atoms with Gasteiger partial charge in [0.1, 0.15) is 5.76 Å². The summed E-state index contributed by atoms with van der Waals surface area (Å²) in [6.45, 7) is 4.70. The molecule has 0 N–H and O–H groups in total. The van der Waals surface area contributed by atoms with E-state index in [9.17, 15) is 4.79 Å². The summed E-state index contributed by atoms with van der Waals surface area (Å²) < 4.78 is 5.04. The lowest BCUT2D eigenvalue weighted by Gasteiger charge is -2.14. The highest BCUT2D eigenvalue weighted by Crippen LogP contribution is 2.22. The molecule has 1 aliphatic rings. The van der Waals surface area contributed by atoms with Gasteiger partial charge >= 0.3 is 0 Å². The highest BCUT2D eigenvalue weighted by molar-refractivity contribution is 5.79. The Kier molecular flexibility index (Phi) is 2.65. The highest BCUT2D eigenvalue weighted by Gasteiger charge is 2.30. The summed E-state index contributed by atoms with van der Waals surface area (Å²) in [4.78, 5) is 13.3. The zero-order valence-electron chi connectivity index (χ0n) is 9.36. The molecule has 1 unspecified atom stereocenters. The van der Waals surface area contributed by atoms with Crippen LogP contribution in [0.25, 0.3) is 0 Å². The molecule has 1 fully saturated rings. The van der Waals surface area contributed by atoms with Gasteiger partial charge in [0.15, 0.2) is 0 Å². The van der Waals surface area contributed by atoms with E-state index in [-0.39, 0.29) is 11.8 Å². The second-order valence-corrected chi connectivity index (χ2v) is 4.11. The Labute approximate surface area is 93.6 Å². The molecular formula is C11H13N3O2. The molecule has 1 aromatic heterocycles. The SMILES string of the molecule is Cc1noc(C)c1CN1CC(C#N)CC1=O. The third-order valence-electron chi connectivity index (χ3n) is 2.93. The smallest absolute Gasteiger partial charge is 0.224 e. The minimum atomic E-state index is -0.173. The molecule has 1 saturated heterocycles. The van der Waals surface area contributed by atoms with Crippen molar-refractivity contribution < 1.29 is 9.32 Å². The average Bonchev–Trinajstić information content (AvgIpc) is 2.76. The third kappa shape index (κ3) is 1.78. The van der Waals surface area contributed by atoms with Gasteiger partial charge in [0, 0.05) is 18.5 Å². The number of hydrogen-bond acceptors (Lipinski definition) is 4. The van der Waals surface area contributed by atoms with Gasteiger partial charge in [-0.1, -0.05) is 5.16 Å². The lowest BCUT2D eigenvalue weighted by Crippen LogP contribution is -2.25.